The van der Waals surface area contributed by atoms with Crippen molar-refractivity contribution in [1.29, 1.82) is 0 Å². The first-order valence-electron chi connectivity index (χ1n) is 9.07. The number of imide groups is 1. The number of fused-ring (bicyclic) bond motifs is 1. The van der Waals surface area contributed by atoms with Crippen molar-refractivity contribution in [2.45, 2.75) is 57.3 Å². The van der Waals surface area contributed by atoms with Crippen LogP contribution in [0.1, 0.15) is 38.2 Å². The van der Waals surface area contributed by atoms with Crippen LogP contribution in [0.4, 0.5) is 4.79 Å². The summed E-state index contributed by atoms with van der Waals surface area (Å²) in [4.78, 5) is 31.0. The maximum atomic E-state index is 12.6. The third-order valence-corrected chi connectivity index (χ3v) is 5.81. The van der Waals surface area contributed by atoms with E-state index in [1.807, 2.05) is 6.07 Å². The van der Waals surface area contributed by atoms with Crippen LogP contribution >= 0.6 is 0 Å². The summed E-state index contributed by atoms with van der Waals surface area (Å²) in [5.41, 5.74) is 1.32. The maximum Gasteiger partial charge on any atom is 0.327 e. The molecule has 3 atom stereocenters. The minimum atomic E-state index is -0.171. The number of urea groups is 1. The van der Waals surface area contributed by atoms with Crippen LogP contribution in [0, 0.1) is 0 Å². The lowest BCUT2D eigenvalue weighted by Crippen LogP contribution is -2.51. The Hall–Kier alpha value is -1.88. The quantitative estimate of drug-likeness (QED) is 0.801. The van der Waals surface area contributed by atoms with E-state index in [0.717, 1.165) is 45.3 Å². The normalized spacial score (nSPS) is 31.0. The molecule has 3 aliphatic rings. The summed E-state index contributed by atoms with van der Waals surface area (Å²) >= 11 is 0. The fraction of sp³-hybridized carbons (Fsp3) is 0.579. The molecule has 3 aliphatic heterocycles. The van der Waals surface area contributed by atoms with Crippen LogP contribution in [0.25, 0.3) is 0 Å². The van der Waals surface area contributed by atoms with E-state index in [-0.39, 0.29) is 24.0 Å². The third-order valence-electron chi connectivity index (χ3n) is 5.81. The van der Waals surface area contributed by atoms with E-state index in [1.54, 1.807) is 9.80 Å². The van der Waals surface area contributed by atoms with Gasteiger partial charge in [-0.25, -0.2) is 4.79 Å². The molecule has 0 radical (unpaired) electrons. The Balaban J connectivity index is 1.41. The molecule has 0 aromatic heterocycles. The molecule has 0 saturated carbocycles. The predicted molar refractivity (Wildman–Crippen MR) is 91.3 cm³/mol. The predicted octanol–water partition coefficient (Wildman–Crippen LogP) is 2.47. The smallest absolute Gasteiger partial charge is 0.312 e. The van der Waals surface area contributed by atoms with Crippen LogP contribution in [0.5, 0.6) is 0 Å². The Morgan fingerprint density at radius 1 is 1.08 bits per heavy atom. The Morgan fingerprint density at radius 3 is 2.58 bits per heavy atom. The first-order chi connectivity index (χ1) is 11.6. The van der Waals surface area contributed by atoms with Crippen LogP contribution < -0.4 is 0 Å². The first-order valence-corrected chi connectivity index (χ1v) is 9.07. The van der Waals surface area contributed by atoms with Gasteiger partial charge in [0.1, 0.15) is 6.04 Å². The second kappa shape index (κ2) is 6.20. The largest absolute Gasteiger partial charge is 0.327 e. The van der Waals surface area contributed by atoms with Crippen molar-refractivity contribution in [2.24, 2.45) is 0 Å². The van der Waals surface area contributed by atoms with Crippen molar-refractivity contribution in [2.75, 3.05) is 13.1 Å². The monoisotopic (exact) mass is 327 g/mol. The maximum absolute atomic E-state index is 12.6. The van der Waals surface area contributed by atoms with Crippen molar-refractivity contribution in [3.8, 4) is 0 Å². The van der Waals surface area contributed by atoms with Gasteiger partial charge in [0, 0.05) is 31.7 Å². The van der Waals surface area contributed by atoms with E-state index in [9.17, 15) is 9.59 Å². The SMILES string of the molecule is C[C@@H]1C[C@H](N2C(=O)[C@H]3CCCN3C2=O)CCN1Cc1ccccc1. The summed E-state index contributed by atoms with van der Waals surface area (Å²) in [6.07, 6.45) is 3.56. The zero-order chi connectivity index (χ0) is 16.7. The van der Waals surface area contributed by atoms with E-state index in [4.69, 9.17) is 0 Å². The number of benzene rings is 1. The Bertz CT molecular complexity index is 611. The highest BCUT2D eigenvalue weighted by atomic mass is 16.2. The molecule has 4 rings (SSSR count). The van der Waals surface area contributed by atoms with Crippen LogP contribution in [0.2, 0.25) is 0 Å². The van der Waals surface area contributed by atoms with Gasteiger partial charge >= 0.3 is 6.03 Å². The highest BCUT2D eigenvalue weighted by Gasteiger charge is 2.50. The molecule has 128 valence electrons. The lowest BCUT2D eigenvalue weighted by Gasteiger charge is -2.40. The number of amides is 3. The number of carbonyl (C=O) groups excluding carboxylic acids is 2. The third kappa shape index (κ3) is 2.61. The summed E-state index contributed by atoms with van der Waals surface area (Å²) in [6, 6.07) is 10.7. The molecule has 5 nitrogen and oxygen atoms in total. The molecule has 1 aromatic carbocycles. The molecule has 3 fully saturated rings. The van der Waals surface area contributed by atoms with Crippen molar-refractivity contribution in [3.05, 3.63) is 35.9 Å². The molecule has 0 spiro atoms. The second-order valence-electron chi connectivity index (χ2n) is 7.33. The van der Waals surface area contributed by atoms with E-state index in [2.05, 4.69) is 36.1 Å². The summed E-state index contributed by atoms with van der Waals surface area (Å²) in [6.45, 7) is 4.82. The average Bonchev–Trinajstić information content (AvgIpc) is 3.15. The van der Waals surface area contributed by atoms with Gasteiger partial charge in [0.25, 0.3) is 5.91 Å². The van der Waals surface area contributed by atoms with E-state index >= 15 is 0 Å². The Labute approximate surface area is 143 Å². The number of hydrogen-bond donors (Lipinski definition) is 0. The van der Waals surface area contributed by atoms with Crippen molar-refractivity contribution >= 4 is 11.9 Å². The number of likely N-dealkylation sites (tertiary alicyclic amines) is 1. The van der Waals surface area contributed by atoms with Gasteiger partial charge in [-0.2, -0.15) is 0 Å². The van der Waals surface area contributed by atoms with E-state index in [0.29, 0.717) is 6.04 Å². The molecular weight excluding hydrogens is 302 g/mol. The number of piperidine rings is 1. The fourth-order valence-electron chi connectivity index (χ4n) is 4.46. The summed E-state index contributed by atoms with van der Waals surface area (Å²) in [7, 11) is 0. The summed E-state index contributed by atoms with van der Waals surface area (Å²) in [5, 5.41) is 0. The van der Waals surface area contributed by atoms with Gasteiger partial charge in [-0.05, 0) is 38.2 Å². The zero-order valence-electron chi connectivity index (χ0n) is 14.2. The fourth-order valence-corrected chi connectivity index (χ4v) is 4.46. The Morgan fingerprint density at radius 2 is 1.88 bits per heavy atom. The molecule has 1 aromatic rings. The molecule has 5 heteroatoms. The van der Waals surface area contributed by atoms with Crippen LogP contribution in [-0.4, -0.2) is 57.9 Å². The molecule has 3 amide bonds. The van der Waals surface area contributed by atoms with Gasteiger partial charge in [-0.3, -0.25) is 14.6 Å². The lowest BCUT2D eigenvalue weighted by molar-refractivity contribution is -0.130. The number of nitrogens with zero attached hydrogens (tertiary/aromatic N) is 3. The van der Waals surface area contributed by atoms with Crippen LogP contribution in [0.15, 0.2) is 30.3 Å². The van der Waals surface area contributed by atoms with Gasteiger partial charge in [0.15, 0.2) is 0 Å². The van der Waals surface area contributed by atoms with Crippen molar-refractivity contribution in [1.82, 2.24) is 14.7 Å². The van der Waals surface area contributed by atoms with Crippen LogP contribution in [-0.2, 0) is 11.3 Å². The minimum Gasteiger partial charge on any atom is -0.312 e. The second-order valence-corrected chi connectivity index (χ2v) is 7.33. The molecule has 0 N–H and O–H groups in total. The Kier molecular flexibility index (Phi) is 4.04. The first kappa shape index (κ1) is 15.6. The number of carbonyl (C=O) groups is 2. The molecule has 0 aliphatic carbocycles. The average molecular weight is 327 g/mol. The standard InChI is InChI=1S/C19H25N3O2/c1-14-12-16(9-11-20(14)13-15-6-3-2-4-7-15)22-18(23)17-8-5-10-21(17)19(22)24/h2-4,6-7,14,16-17H,5,8-13H2,1H3/t14-,16-,17-/m1/s1. The van der Waals surface area contributed by atoms with Gasteiger partial charge in [-0.15, -0.1) is 0 Å². The van der Waals surface area contributed by atoms with Crippen LogP contribution in [0.3, 0.4) is 0 Å². The molecular formula is C19H25N3O2. The summed E-state index contributed by atoms with van der Waals surface area (Å²) in [5.74, 6) is 0.0474. The molecule has 0 unspecified atom stereocenters. The van der Waals surface area contributed by atoms with Crippen molar-refractivity contribution in [3.63, 3.8) is 0 Å². The number of rotatable bonds is 3. The zero-order valence-corrected chi connectivity index (χ0v) is 14.2. The topological polar surface area (TPSA) is 43.9 Å². The highest BCUT2D eigenvalue weighted by Crippen LogP contribution is 2.32. The van der Waals surface area contributed by atoms with Crippen molar-refractivity contribution < 1.29 is 9.59 Å². The van der Waals surface area contributed by atoms with Gasteiger partial charge in [0.2, 0.25) is 0 Å². The molecule has 3 heterocycles. The minimum absolute atomic E-state index is 0.0452. The molecule has 3 saturated heterocycles. The lowest BCUT2D eigenvalue weighted by atomic mass is 9.96. The van der Waals surface area contributed by atoms with E-state index in [1.165, 1.54) is 5.56 Å². The van der Waals surface area contributed by atoms with Gasteiger partial charge in [-0.1, -0.05) is 30.3 Å². The van der Waals surface area contributed by atoms with Gasteiger partial charge in [0.05, 0.1) is 0 Å². The highest BCUT2D eigenvalue weighted by molar-refractivity contribution is 6.04. The van der Waals surface area contributed by atoms with E-state index < -0.39 is 0 Å². The summed E-state index contributed by atoms with van der Waals surface area (Å²) < 4.78 is 0. The molecule has 0 bridgehead atoms. The van der Waals surface area contributed by atoms with Gasteiger partial charge < -0.3 is 4.90 Å². The number of hydrogen-bond acceptors (Lipinski definition) is 3. The molecule has 24 heavy (non-hydrogen) atoms.